The number of anilines is 1. The van der Waals surface area contributed by atoms with Gasteiger partial charge in [0.15, 0.2) is 6.61 Å². The van der Waals surface area contributed by atoms with Gasteiger partial charge in [0.05, 0.1) is 12.7 Å². The van der Waals surface area contributed by atoms with E-state index in [0.29, 0.717) is 18.9 Å². The maximum Gasteiger partial charge on any atom is 0.258 e. The van der Waals surface area contributed by atoms with E-state index >= 15 is 0 Å². The normalized spacial score (nSPS) is 17.2. The lowest BCUT2D eigenvalue weighted by Crippen LogP contribution is -2.48. The van der Waals surface area contributed by atoms with Crippen LogP contribution in [0.15, 0.2) is 54.6 Å². The van der Waals surface area contributed by atoms with Crippen molar-refractivity contribution < 1.29 is 18.7 Å². The highest BCUT2D eigenvalue weighted by molar-refractivity contribution is 5.77. The van der Waals surface area contributed by atoms with Crippen LogP contribution in [0.25, 0.3) is 0 Å². The van der Waals surface area contributed by atoms with Crippen LogP contribution in [0.1, 0.15) is 0 Å². The van der Waals surface area contributed by atoms with E-state index in [9.17, 15) is 9.18 Å². The summed E-state index contributed by atoms with van der Waals surface area (Å²) in [6.07, 6.45) is -0.0660. The van der Waals surface area contributed by atoms with Gasteiger partial charge in [0.1, 0.15) is 11.6 Å². The SMILES string of the molecule is O=C(COc1ccc(F)cc1)NCC1CN(c2ccccc2)CCO1. The van der Waals surface area contributed by atoms with Crippen LogP contribution >= 0.6 is 0 Å². The molecule has 1 saturated heterocycles. The van der Waals surface area contributed by atoms with Crippen molar-refractivity contribution in [3.8, 4) is 5.75 Å². The molecule has 0 spiro atoms. The minimum Gasteiger partial charge on any atom is -0.484 e. The number of carbonyl (C=O) groups excluding carboxylic acids is 1. The molecular formula is C19H21FN2O3. The molecule has 3 rings (SSSR count). The second-order valence-corrected chi connectivity index (χ2v) is 5.82. The van der Waals surface area contributed by atoms with Gasteiger partial charge in [0, 0.05) is 25.3 Å². The highest BCUT2D eigenvalue weighted by Gasteiger charge is 2.21. The molecule has 0 aromatic heterocycles. The molecule has 1 unspecified atom stereocenters. The molecule has 0 aliphatic carbocycles. The first-order valence-corrected chi connectivity index (χ1v) is 8.27. The number of halogens is 1. The molecule has 0 saturated carbocycles. The molecule has 25 heavy (non-hydrogen) atoms. The summed E-state index contributed by atoms with van der Waals surface area (Å²) in [7, 11) is 0. The van der Waals surface area contributed by atoms with Crippen LogP contribution in [0.2, 0.25) is 0 Å². The summed E-state index contributed by atoms with van der Waals surface area (Å²) in [5.74, 6) is -0.111. The maximum atomic E-state index is 12.8. The van der Waals surface area contributed by atoms with E-state index in [4.69, 9.17) is 9.47 Å². The first kappa shape index (κ1) is 17.2. The number of amides is 1. The van der Waals surface area contributed by atoms with Crippen LogP contribution in [0.5, 0.6) is 5.75 Å². The average Bonchev–Trinajstić information content (AvgIpc) is 2.67. The van der Waals surface area contributed by atoms with Gasteiger partial charge in [-0.3, -0.25) is 4.79 Å². The van der Waals surface area contributed by atoms with Gasteiger partial charge < -0.3 is 19.7 Å². The number of morpholine rings is 1. The summed E-state index contributed by atoms with van der Waals surface area (Å²) < 4.78 is 23.9. The van der Waals surface area contributed by atoms with Crippen molar-refractivity contribution in [3.05, 3.63) is 60.4 Å². The van der Waals surface area contributed by atoms with Crippen LogP contribution in [-0.2, 0) is 9.53 Å². The minimum absolute atomic E-state index is 0.0660. The number of para-hydroxylation sites is 1. The predicted octanol–water partition coefficient (Wildman–Crippen LogP) is 2.23. The molecule has 132 valence electrons. The van der Waals surface area contributed by atoms with Gasteiger partial charge in [0.25, 0.3) is 5.91 Å². The van der Waals surface area contributed by atoms with Crippen LogP contribution in [0.4, 0.5) is 10.1 Å². The molecule has 1 heterocycles. The lowest BCUT2D eigenvalue weighted by atomic mass is 10.2. The van der Waals surface area contributed by atoms with E-state index in [0.717, 1.165) is 18.8 Å². The molecule has 6 heteroatoms. The molecule has 2 aromatic carbocycles. The summed E-state index contributed by atoms with van der Waals surface area (Å²) in [6.45, 7) is 2.50. The fourth-order valence-corrected chi connectivity index (χ4v) is 2.67. The van der Waals surface area contributed by atoms with E-state index in [-0.39, 0.29) is 24.4 Å². The van der Waals surface area contributed by atoms with Crippen molar-refractivity contribution in [1.29, 1.82) is 0 Å². The molecule has 1 aliphatic rings. The minimum atomic E-state index is -0.339. The maximum absolute atomic E-state index is 12.8. The van der Waals surface area contributed by atoms with Crippen molar-refractivity contribution in [2.45, 2.75) is 6.10 Å². The first-order valence-electron chi connectivity index (χ1n) is 8.27. The van der Waals surface area contributed by atoms with Crippen molar-refractivity contribution in [2.75, 3.05) is 37.7 Å². The van der Waals surface area contributed by atoms with E-state index in [1.165, 1.54) is 24.3 Å². The Balaban J connectivity index is 1.41. The predicted molar refractivity (Wildman–Crippen MR) is 93.3 cm³/mol. The van der Waals surface area contributed by atoms with Crippen molar-refractivity contribution in [3.63, 3.8) is 0 Å². The van der Waals surface area contributed by atoms with Gasteiger partial charge in [-0.25, -0.2) is 4.39 Å². The zero-order valence-electron chi connectivity index (χ0n) is 13.9. The third-order valence-electron chi connectivity index (χ3n) is 3.97. The first-order chi connectivity index (χ1) is 12.2. The summed E-state index contributed by atoms with van der Waals surface area (Å²) >= 11 is 0. The van der Waals surface area contributed by atoms with Crippen LogP contribution in [-0.4, -0.2) is 44.9 Å². The Kier molecular flexibility index (Phi) is 5.85. The van der Waals surface area contributed by atoms with Gasteiger partial charge in [-0.05, 0) is 36.4 Å². The third kappa shape index (κ3) is 5.19. The van der Waals surface area contributed by atoms with E-state index < -0.39 is 0 Å². The second-order valence-electron chi connectivity index (χ2n) is 5.82. The van der Waals surface area contributed by atoms with Crippen LogP contribution in [0, 0.1) is 5.82 Å². The van der Waals surface area contributed by atoms with Gasteiger partial charge in [-0.2, -0.15) is 0 Å². The standard InChI is InChI=1S/C19H21FN2O3/c20-15-6-8-17(9-7-15)25-14-19(23)21-12-18-13-22(10-11-24-18)16-4-2-1-3-5-16/h1-9,18H,10-14H2,(H,21,23). The molecule has 0 bridgehead atoms. The number of nitrogens with one attached hydrogen (secondary N) is 1. The lowest BCUT2D eigenvalue weighted by molar-refractivity contribution is -0.123. The van der Waals surface area contributed by atoms with E-state index in [1.807, 2.05) is 18.2 Å². The Labute approximate surface area is 146 Å². The van der Waals surface area contributed by atoms with Gasteiger partial charge in [-0.1, -0.05) is 18.2 Å². The van der Waals surface area contributed by atoms with Gasteiger partial charge in [-0.15, -0.1) is 0 Å². The molecule has 5 nitrogen and oxygen atoms in total. The Bertz CT molecular complexity index is 679. The Morgan fingerprint density at radius 1 is 1.20 bits per heavy atom. The summed E-state index contributed by atoms with van der Waals surface area (Å²) in [6, 6.07) is 15.7. The van der Waals surface area contributed by atoms with Crippen molar-refractivity contribution in [2.24, 2.45) is 0 Å². The number of ether oxygens (including phenoxy) is 2. The van der Waals surface area contributed by atoms with Crippen LogP contribution in [0.3, 0.4) is 0 Å². The summed E-state index contributed by atoms with van der Waals surface area (Å²) in [4.78, 5) is 14.1. The fourth-order valence-electron chi connectivity index (χ4n) is 2.67. The Morgan fingerprint density at radius 3 is 2.72 bits per heavy atom. The third-order valence-corrected chi connectivity index (χ3v) is 3.97. The van der Waals surface area contributed by atoms with Crippen molar-refractivity contribution in [1.82, 2.24) is 5.32 Å². The number of carbonyl (C=O) groups is 1. The number of hydrogen-bond acceptors (Lipinski definition) is 4. The summed E-state index contributed by atoms with van der Waals surface area (Å²) in [5.41, 5.74) is 1.15. The number of nitrogens with zero attached hydrogens (tertiary/aromatic N) is 1. The lowest BCUT2D eigenvalue weighted by Gasteiger charge is -2.34. The largest absolute Gasteiger partial charge is 0.484 e. The van der Waals surface area contributed by atoms with E-state index in [2.05, 4.69) is 22.3 Å². The second kappa shape index (κ2) is 8.48. The van der Waals surface area contributed by atoms with Gasteiger partial charge in [0.2, 0.25) is 0 Å². The Hall–Kier alpha value is -2.60. The molecular weight excluding hydrogens is 323 g/mol. The zero-order valence-corrected chi connectivity index (χ0v) is 13.9. The van der Waals surface area contributed by atoms with Crippen LogP contribution < -0.4 is 15.0 Å². The molecule has 1 N–H and O–H groups in total. The molecule has 0 radical (unpaired) electrons. The number of hydrogen-bond donors (Lipinski definition) is 1. The number of benzene rings is 2. The highest BCUT2D eigenvalue weighted by Crippen LogP contribution is 2.16. The topological polar surface area (TPSA) is 50.8 Å². The highest BCUT2D eigenvalue weighted by atomic mass is 19.1. The average molecular weight is 344 g/mol. The monoisotopic (exact) mass is 344 g/mol. The van der Waals surface area contributed by atoms with E-state index in [1.54, 1.807) is 0 Å². The summed E-state index contributed by atoms with van der Waals surface area (Å²) in [5, 5.41) is 2.82. The molecule has 1 fully saturated rings. The molecule has 1 amide bonds. The number of rotatable bonds is 6. The van der Waals surface area contributed by atoms with Gasteiger partial charge >= 0.3 is 0 Å². The molecule has 1 aliphatic heterocycles. The fraction of sp³-hybridized carbons (Fsp3) is 0.316. The Morgan fingerprint density at radius 2 is 1.96 bits per heavy atom. The quantitative estimate of drug-likeness (QED) is 0.873. The molecule has 2 aromatic rings. The smallest absolute Gasteiger partial charge is 0.258 e. The molecule has 1 atom stereocenters. The zero-order chi connectivity index (χ0) is 17.5. The van der Waals surface area contributed by atoms with Crippen molar-refractivity contribution >= 4 is 11.6 Å².